The molecule has 0 heterocycles. The summed E-state index contributed by atoms with van der Waals surface area (Å²) in [6, 6.07) is 9.70. The minimum Gasteiger partial charge on any atom is -0.481 e. The Morgan fingerprint density at radius 3 is 2.28 bits per heavy atom. The van der Waals surface area contributed by atoms with Crippen LogP contribution in [0.5, 0.6) is 0 Å². The van der Waals surface area contributed by atoms with Crippen LogP contribution >= 0.6 is 0 Å². The lowest BCUT2D eigenvalue weighted by Crippen LogP contribution is -2.40. The number of aliphatic carboxylic acids is 1. The van der Waals surface area contributed by atoms with E-state index < -0.39 is 11.4 Å². The molecule has 1 fully saturated rings. The van der Waals surface area contributed by atoms with Crippen molar-refractivity contribution in [1.82, 2.24) is 0 Å². The molecule has 1 aromatic rings. The third-order valence-electron chi connectivity index (χ3n) is 4.25. The molecule has 0 saturated heterocycles. The van der Waals surface area contributed by atoms with Gasteiger partial charge in [-0.3, -0.25) is 9.59 Å². The number of hydrogen-bond acceptors (Lipinski definition) is 2. The summed E-state index contributed by atoms with van der Waals surface area (Å²) < 4.78 is 0. The maximum Gasteiger partial charge on any atom is 0.310 e. The first-order chi connectivity index (χ1) is 8.56. The number of carboxylic acids is 1. The Balaban J connectivity index is 2.31. The number of Topliss-reactive ketones (excluding diaryl/α,β-unsaturated/α-hetero) is 1. The summed E-state index contributed by atoms with van der Waals surface area (Å²) >= 11 is 0. The van der Waals surface area contributed by atoms with Crippen LogP contribution in [-0.2, 0) is 9.59 Å². The molecule has 0 spiro atoms. The molecule has 2 rings (SSSR count). The van der Waals surface area contributed by atoms with Gasteiger partial charge < -0.3 is 5.11 Å². The minimum atomic E-state index is -0.782. The molecule has 3 nitrogen and oxygen atoms in total. The molecule has 1 aliphatic rings. The van der Waals surface area contributed by atoms with Gasteiger partial charge in [0.2, 0.25) is 0 Å². The van der Waals surface area contributed by atoms with E-state index in [4.69, 9.17) is 0 Å². The van der Waals surface area contributed by atoms with E-state index in [1.54, 1.807) is 0 Å². The van der Waals surface area contributed by atoms with Crippen LogP contribution in [0.3, 0.4) is 0 Å². The van der Waals surface area contributed by atoms with Crippen LogP contribution in [0.1, 0.15) is 44.1 Å². The van der Waals surface area contributed by atoms with Crippen LogP contribution < -0.4 is 0 Å². The van der Waals surface area contributed by atoms with E-state index in [1.165, 1.54) is 0 Å². The molecule has 0 aromatic heterocycles. The molecule has 96 valence electrons. The molecule has 18 heavy (non-hydrogen) atoms. The maximum atomic E-state index is 11.7. The monoisotopic (exact) mass is 246 g/mol. The van der Waals surface area contributed by atoms with Crippen LogP contribution in [0, 0.1) is 5.41 Å². The number of ketones is 1. The van der Waals surface area contributed by atoms with E-state index in [2.05, 4.69) is 0 Å². The zero-order chi connectivity index (χ0) is 13.2. The van der Waals surface area contributed by atoms with Gasteiger partial charge in [0.1, 0.15) is 5.78 Å². The second-order valence-corrected chi connectivity index (χ2v) is 5.13. The third kappa shape index (κ3) is 2.17. The van der Waals surface area contributed by atoms with Crippen molar-refractivity contribution in [1.29, 1.82) is 0 Å². The van der Waals surface area contributed by atoms with Gasteiger partial charge in [-0.15, -0.1) is 0 Å². The molecule has 1 unspecified atom stereocenters. The molecule has 1 atom stereocenters. The first-order valence-corrected chi connectivity index (χ1v) is 6.36. The Morgan fingerprint density at radius 1 is 1.22 bits per heavy atom. The normalized spacial score (nSPS) is 20.4. The summed E-state index contributed by atoms with van der Waals surface area (Å²) in [6.45, 7) is 1.96. The van der Waals surface area contributed by atoms with Crippen molar-refractivity contribution in [2.45, 2.75) is 38.5 Å². The van der Waals surface area contributed by atoms with Crippen molar-refractivity contribution in [3.05, 3.63) is 35.9 Å². The summed E-state index contributed by atoms with van der Waals surface area (Å²) in [5.41, 5.74) is 0.254. The van der Waals surface area contributed by atoms with Crippen molar-refractivity contribution in [2.75, 3.05) is 0 Å². The summed E-state index contributed by atoms with van der Waals surface area (Å²) in [7, 11) is 0. The Kier molecular flexibility index (Phi) is 3.50. The van der Waals surface area contributed by atoms with Crippen molar-refractivity contribution in [2.24, 2.45) is 5.41 Å². The number of rotatable bonds is 3. The SMILES string of the molecule is CC(c1ccccc1)C1(C(=O)O)CCC(=O)CC1. The van der Waals surface area contributed by atoms with Crippen molar-refractivity contribution < 1.29 is 14.7 Å². The topological polar surface area (TPSA) is 54.4 Å². The molecule has 1 aliphatic carbocycles. The average molecular weight is 246 g/mol. The van der Waals surface area contributed by atoms with E-state index in [1.807, 2.05) is 37.3 Å². The van der Waals surface area contributed by atoms with E-state index in [-0.39, 0.29) is 11.7 Å². The molecular formula is C15H18O3. The van der Waals surface area contributed by atoms with Gasteiger partial charge in [-0.05, 0) is 24.3 Å². The van der Waals surface area contributed by atoms with Gasteiger partial charge in [0.15, 0.2) is 0 Å². The van der Waals surface area contributed by atoms with Crippen LogP contribution in [0.2, 0.25) is 0 Å². The molecular weight excluding hydrogens is 228 g/mol. The van der Waals surface area contributed by atoms with Gasteiger partial charge in [-0.2, -0.15) is 0 Å². The summed E-state index contributed by atoms with van der Waals surface area (Å²) in [5, 5.41) is 9.60. The second-order valence-electron chi connectivity index (χ2n) is 5.13. The predicted octanol–water partition coefficient (Wildman–Crippen LogP) is 3.00. The smallest absolute Gasteiger partial charge is 0.310 e. The van der Waals surface area contributed by atoms with Gasteiger partial charge in [0.05, 0.1) is 5.41 Å². The first kappa shape index (κ1) is 12.8. The van der Waals surface area contributed by atoms with Crippen molar-refractivity contribution in [3.63, 3.8) is 0 Å². The number of carboxylic acid groups (broad SMARTS) is 1. The quantitative estimate of drug-likeness (QED) is 0.892. The second kappa shape index (κ2) is 4.92. The van der Waals surface area contributed by atoms with Crippen LogP contribution in [-0.4, -0.2) is 16.9 Å². The van der Waals surface area contributed by atoms with Gasteiger partial charge in [0, 0.05) is 12.8 Å². The lowest BCUT2D eigenvalue weighted by Gasteiger charge is -2.38. The number of carbonyl (C=O) groups is 2. The lowest BCUT2D eigenvalue weighted by atomic mass is 9.64. The van der Waals surface area contributed by atoms with Gasteiger partial charge in [-0.1, -0.05) is 37.3 Å². The van der Waals surface area contributed by atoms with Gasteiger partial charge in [0.25, 0.3) is 0 Å². The highest BCUT2D eigenvalue weighted by Gasteiger charge is 2.46. The Bertz CT molecular complexity index is 440. The third-order valence-corrected chi connectivity index (χ3v) is 4.25. The van der Waals surface area contributed by atoms with E-state index in [0.717, 1.165) is 5.56 Å². The van der Waals surface area contributed by atoms with Crippen molar-refractivity contribution in [3.8, 4) is 0 Å². The highest BCUT2D eigenvalue weighted by atomic mass is 16.4. The summed E-state index contributed by atoms with van der Waals surface area (Å²) in [5.74, 6) is -0.650. The largest absolute Gasteiger partial charge is 0.481 e. The van der Waals surface area contributed by atoms with Gasteiger partial charge >= 0.3 is 5.97 Å². The minimum absolute atomic E-state index is 0.0655. The zero-order valence-corrected chi connectivity index (χ0v) is 10.6. The van der Waals surface area contributed by atoms with E-state index >= 15 is 0 Å². The molecule has 1 N–H and O–H groups in total. The molecule has 0 amide bonds. The standard InChI is InChI=1S/C15H18O3/c1-11(12-5-3-2-4-6-12)15(14(17)18)9-7-13(16)8-10-15/h2-6,11H,7-10H2,1H3,(H,17,18). The maximum absolute atomic E-state index is 11.7. The predicted molar refractivity (Wildman–Crippen MR) is 68.4 cm³/mol. The molecule has 3 heteroatoms. The van der Waals surface area contributed by atoms with Crippen LogP contribution in [0.25, 0.3) is 0 Å². The number of hydrogen-bond donors (Lipinski definition) is 1. The fraction of sp³-hybridized carbons (Fsp3) is 0.467. The molecule has 1 saturated carbocycles. The van der Waals surface area contributed by atoms with Crippen LogP contribution in [0.15, 0.2) is 30.3 Å². The molecule has 1 aromatic carbocycles. The summed E-state index contributed by atoms with van der Waals surface area (Å²) in [6.07, 6.45) is 1.70. The zero-order valence-electron chi connectivity index (χ0n) is 10.6. The number of benzene rings is 1. The number of carbonyl (C=O) groups excluding carboxylic acids is 1. The van der Waals surface area contributed by atoms with E-state index in [0.29, 0.717) is 25.7 Å². The first-order valence-electron chi connectivity index (χ1n) is 6.36. The van der Waals surface area contributed by atoms with Gasteiger partial charge in [-0.25, -0.2) is 0 Å². The molecule has 0 aliphatic heterocycles. The Labute approximate surface area is 107 Å². The Morgan fingerprint density at radius 2 is 1.78 bits per heavy atom. The fourth-order valence-electron chi connectivity index (χ4n) is 2.87. The highest BCUT2D eigenvalue weighted by Crippen LogP contribution is 2.46. The fourth-order valence-corrected chi connectivity index (χ4v) is 2.87. The van der Waals surface area contributed by atoms with Crippen LogP contribution in [0.4, 0.5) is 0 Å². The average Bonchev–Trinajstić information content (AvgIpc) is 2.40. The Hall–Kier alpha value is -1.64. The molecule has 0 bridgehead atoms. The molecule has 0 radical (unpaired) electrons. The van der Waals surface area contributed by atoms with E-state index in [9.17, 15) is 14.7 Å². The highest BCUT2D eigenvalue weighted by molar-refractivity contribution is 5.84. The van der Waals surface area contributed by atoms with Crippen molar-refractivity contribution >= 4 is 11.8 Å². The summed E-state index contributed by atoms with van der Waals surface area (Å²) in [4.78, 5) is 23.0. The lowest BCUT2D eigenvalue weighted by molar-refractivity contribution is -0.153.